The molecule has 0 amide bonds. The van der Waals surface area contributed by atoms with Crippen molar-refractivity contribution in [3.8, 4) is 6.07 Å². The summed E-state index contributed by atoms with van der Waals surface area (Å²) in [4.78, 5) is 2.22. The molecule has 1 rings (SSSR count). The van der Waals surface area contributed by atoms with Crippen LogP contribution in [0.1, 0.15) is 52.2 Å². The monoisotopic (exact) mass is 287 g/mol. The molecular weight excluding hydrogens is 258 g/mol. The Morgan fingerprint density at radius 1 is 1.19 bits per heavy atom. The molecule has 0 heterocycles. The Labute approximate surface area is 130 Å². The van der Waals surface area contributed by atoms with Gasteiger partial charge in [0.05, 0.1) is 11.3 Å². The lowest BCUT2D eigenvalue weighted by molar-refractivity contribution is 0.504. The van der Waals surface area contributed by atoms with Gasteiger partial charge in [0, 0.05) is 25.7 Å². The van der Waals surface area contributed by atoms with E-state index in [0.29, 0.717) is 18.0 Å². The Balaban J connectivity index is 2.90. The Morgan fingerprint density at radius 3 is 2.38 bits per heavy atom. The van der Waals surface area contributed by atoms with E-state index in [1.807, 2.05) is 6.07 Å². The van der Waals surface area contributed by atoms with Crippen LogP contribution in [-0.2, 0) is 6.54 Å². The number of anilines is 1. The average molecular weight is 287 g/mol. The molecule has 116 valence electrons. The van der Waals surface area contributed by atoms with Gasteiger partial charge in [-0.25, -0.2) is 0 Å². The third-order valence-corrected chi connectivity index (χ3v) is 3.75. The van der Waals surface area contributed by atoms with Gasteiger partial charge < -0.3 is 10.2 Å². The van der Waals surface area contributed by atoms with Gasteiger partial charge in [-0.05, 0) is 37.0 Å². The lowest BCUT2D eigenvalue weighted by atomic mass is 10.0. The van der Waals surface area contributed by atoms with E-state index in [1.165, 1.54) is 0 Å². The Hall–Kier alpha value is -1.53. The van der Waals surface area contributed by atoms with Gasteiger partial charge in [0.25, 0.3) is 0 Å². The summed E-state index contributed by atoms with van der Waals surface area (Å²) in [6, 6.07) is 9.41. The first-order chi connectivity index (χ1) is 9.85. The lowest BCUT2D eigenvalue weighted by Gasteiger charge is -2.29. The van der Waals surface area contributed by atoms with Crippen LogP contribution in [0.15, 0.2) is 18.2 Å². The molecule has 0 saturated carbocycles. The largest absolute Gasteiger partial charge is 0.371 e. The van der Waals surface area contributed by atoms with E-state index in [1.54, 1.807) is 0 Å². The average Bonchev–Trinajstić information content (AvgIpc) is 2.43. The maximum absolute atomic E-state index is 9.44. The molecule has 0 saturated heterocycles. The van der Waals surface area contributed by atoms with Crippen molar-refractivity contribution in [2.45, 2.75) is 59.7 Å². The number of hydrogen-bond donors (Lipinski definition) is 1. The van der Waals surface area contributed by atoms with Crippen LogP contribution in [0, 0.1) is 17.2 Å². The van der Waals surface area contributed by atoms with Crippen LogP contribution >= 0.6 is 0 Å². The minimum atomic E-state index is 0.428. The predicted molar refractivity (Wildman–Crippen MR) is 90.5 cm³/mol. The van der Waals surface area contributed by atoms with E-state index in [0.717, 1.165) is 29.8 Å². The molecule has 1 aromatic carbocycles. The van der Waals surface area contributed by atoms with Gasteiger partial charge in [-0.15, -0.1) is 0 Å². The zero-order valence-electron chi connectivity index (χ0n) is 14.3. The summed E-state index contributed by atoms with van der Waals surface area (Å²) in [5, 5.41) is 12.8. The molecular formula is C18H29N3. The molecule has 0 aromatic heterocycles. The van der Waals surface area contributed by atoms with Crippen LogP contribution in [0.4, 0.5) is 5.69 Å². The van der Waals surface area contributed by atoms with E-state index >= 15 is 0 Å². The smallest absolute Gasteiger partial charge is 0.101 e. The van der Waals surface area contributed by atoms with Crippen LogP contribution < -0.4 is 10.2 Å². The van der Waals surface area contributed by atoms with Crippen LogP contribution in [-0.4, -0.2) is 19.1 Å². The second kappa shape index (κ2) is 8.05. The molecule has 0 aliphatic carbocycles. The predicted octanol–water partition coefficient (Wildman–Crippen LogP) is 3.93. The highest BCUT2D eigenvalue weighted by molar-refractivity contribution is 5.60. The summed E-state index contributed by atoms with van der Waals surface area (Å²) in [6.45, 7) is 11.7. The van der Waals surface area contributed by atoms with Gasteiger partial charge >= 0.3 is 0 Å². The van der Waals surface area contributed by atoms with Crippen LogP contribution in [0.3, 0.4) is 0 Å². The second-order valence-electron chi connectivity index (χ2n) is 6.59. The SMILES string of the molecule is CC(C)CC(C)N(C)c1ccc(CNC(C)C)cc1C#N. The standard InChI is InChI=1S/C18H29N3/c1-13(2)9-15(5)21(6)18-8-7-16(10-17(18)11-19)12-20-14(3)4/h7-8,10,13-15,20H,9,12H2,1-6H3. The molecule has 0 fully saturated rings. The van der Waals surface area contributed by atoms with Gasteiger partial charge in [0.1, 0.15) is 6.07 Å². The highest BCUT2D eigenvalue weighted by atomic mass is 15.1. The number of nitrogens with one attached hydrogen (secondary N) is 1. The van der Waals surface area contributed by atoms with Crippen molar-refractivity contribution in [2.24, 2.45) is 5.92 Å². The molecule has 1 atom stereocenters. The molecule has 1 aromatic rings. The number of rotatable bonds is 7. The highest BCUT2D eigenvalue weighted by Gasteiger charge is 2.15. The van der Waals surface area contributed by atoms with Gasteiger partial charge in [-0.1, -0.05) is 33.8 Å². The fourth-order valence-electron chi connectivity index (χ4n) is 2.49. The molecule has 0 aliphatic heterocycles. The first-order valence-corrected chi connectivity index (χ1v) is 7.84. The first-order valence-electron chi connectivity index (χ1n) is 7.84. The Bertz CT molecular complexity index is 486. The van der Waals surface area contributed by atoms with Gasteiger partial charge in [-0.2, -0.15) is 5.26 Å². The molecule has 0 spiro atoms. The number of benzene rings is 1. The van der Waals surface area contributed by atoms with Gasteiger partial charge in [0.2, 0.25) is 0 Å². The lowest BCUT2D eigenvalue weighted by Crippen LogP contribution is -2.30. The molecule has 3 heteroatoms. The van der Waals surface area contributed by atoms with Crippen molar-refractivity contribution in [3.05, 3.63) is 29.3 Å². The topological polar surface area (TPSA) is 39.1 Å². The molecule has 21 heavy (non-hydrogen) atoms. The maximum Gasteiger partial charge on any atom is 0.101 e. The van der Waals surface area contributed by atoms with Crippen LogP contribution in [0.5, 0.6) is 0 Å². The summed E-state index contributed by atoms with van der Waals surface area (Å²) in [5.74, 6) is 0.655. The Morgan fingerprint density at radius 2 is 1.86 bits per heavy atom. The van der Waals surface area contributed by atoms with Crippen molar-refractivity contribution in [2.75, 3.05) is 11.9 Å². The van der Waals surface area contributed by atoms with Crippen molar-refractivity contribution < 1.29 is 0 Å². The number of nitrogens with zero attached hydrogens (tertiary/aromatic N) is 2. The summed E-state index contributed by atoms with van der Waals surface area (Å²) in [7, 11) is 2.08. The van der Waals surface area contributed by atoms with E-state index in [2.05, 4.69) is 70.1 Å². The molecule has 1 unspecified atom stereocenters. The minimum absolute atomic E-state index is 0.428. The summed E-state index contributed by atoms with van der Waals surface area (Å²) >= 11 is 0. The zero-order valence-corrected chi connectivity index (χ0v) is 14.3. The molecule has 0 bridgehead atoms. The normalized spacial score (nSPS) is 12.5. The van der Waals surface area contributed by atoms with Crippen molar-refractivity contribution in [1.29, 1.82) is 5.26 Å². The third-order valence-electron chi connectivity index (χ3n) is 3.75. The second-order valence-corrected chi connectivity index (χ2v) is 6.59. The molecule has 3 nitrogen and oxygen atoms in total. The van der Waals surface area contributed by atoms with E-state index in [-0.39, 0.29) is 0 Å². The maximum atomic E-state index is 9.44. The summed E-state index contributed by atoms with van der Waals surface area (Å²) in [5.41, 5.74) is 2.95. The fourth-order valence-corrected chi connectivity index (χ4v) is 2.49. The van der Waals surface area contributed by atoms with Crippen LogP contribution in [0.25, 0.3) is 0 Å². The minimum Gasteiger partial charge on any atom is -0.371 e. The number of nitriles is 1. The van der Waals surface area contributed by atoms with Gasteiger partial charge in [0.15, 0.2) is 0 Å². The van der Waals surface area contributed by atoms with Crippen LogP contribution in [0.2, 0.25) is 0 Å². The van der Waals surface area contributed by atoms with Gasteiger partial charge in [-0.3, -0.25) is 0 Å². The van der Waals surface area contributed by atoms with Crippen molar-refractivity contribution in [1.82, 2.24) is 5.32 Å². The molecule has 0 radical (unpaired) electrons. The van der Waals surface area contributed by atoms with Crippen molar-refractivity contribution in [3.63, 3.8) is 0 Å². The molecule has 1 N–H and O–H groups in total. The Kier molecular flexibility index (Phi) is 6.71. The highest BCUT2D eigenvalue weighted by Crippen LogP contribution is 2.24. The van der Waals surface area contributed by atoms with Crippen molar-refractivity contribution >= 4 is 5.69 Å². The first kappa shape index (κ1) is 17.5. The quantitative estimate of drug-likeness (QED) is 0.826. The summed E-state index contributed by atoms with van der Waals surface area (Å²) < 4.78 is 0. The fraction of sp³-hybridized carbons (Fsp3) is 0.611. The van der Waals surface area contributed by atoms with E-state index in [9.17, 15) is 5.26 Å². The molecule has 0 aliphatic rings. The number of hydrogen-bond acceptors (Lipinski definition) is 3. The zero-order chi connectivity index (χ0) is 16.0. The van der Waals surface area contributed by atoms with E-state index < -0.39 is 0 Å². The third kappa shape index (κ3) is 5.40. The summed E-state index contributed by atoms with van der Waals surface area (Å²) in [6.07, 6.45) is 1.12. The van der Waals surface area contributed by atoms with E-state index in [4.69, 9.17) is 0 Å².